The molecule has 2 N–H and O–H groups in total. The van der Waals surface area contributed by atoms with Gasteiger partial charge in [0, 0.05) is 0 Å². The molecule has 0 saturated heterocycles. The number of rotatable bonds is 5. The van der Waals surface area contributed by atoms with Crippen molar-refractivity contribution in [3.63, 3.8) is 0 Å². The number of benzene rings is 1. The Balaban J connectivity index is 1.75. The van der Waals surface area contributed by atoms with Gasteiger partial charge in [-0.1, -0.05) is 19.1 Å². The Labute approximate surface area is 132 Å². The predicted octanol–water partition coefficient (Wildman–Crippen LogP) is 1.46. The van der Waals surface area contributed by atoms with Gasteiger partial charge >= 0.3 is 11.9 Å². The number of aryl methyl sites for hydroxylation is 1. The Morgan fingerprint density at radius 3 is 2.43 bits per heavy atom. The van der Waals surface area contributed by atoms with Crippen LogP contribution in [0, 0.1) is 0 Å². The second kappa shape index (κ2) is 7.79. The molecule has 2 aromatic rings. The van der Waals surface area contributed by atoms with Crippen molar-refractivity contribution in [1.82, 2.24) is 10.9 Å². The van der Waals surface area contributed by atoms with Crippen LogP contribution in [0.15, 0.2) is 47.1 Å². The van der Waals surface area contributed by atoms with Crippen molar-refractivity contribution in [1.29, 1.82) is 0 Å². The summed E-state index contributed by atoms with van der Waals surface area (Å²) in [5.41, 5.74) is 5.71. The lowest BCUT2D eigenvalue weighted by Gasteiger charge is -2.07. The molecule has 0 saturated carbocycles. The monoisotopic (exact) mass is 316 g/mol. The van der Waals surface area contributed by atoms with E-state index in [1.807, 2.05) is 19.1 Å². The van der Waals surface area contributed by atoms with Crippen molar-refractivity contribution < 1.29 is 23.5 Å². The topological polar surface area (TPSA) is 97.6 Å². The van der Waals surface area contributed by atoms with Crippen molar-refractivity contribution in [2.45, 2.75) is 13.3 Å². The van der Waals surface area contributed by atoms with Crippen LogP contribution in [0.2, 0.25) is 0 Å². The van der Waals surface area contributed by atoms with Crippen molar-refractivity contribution in [3.8, 4) is 0 Å². The van der Waals surface area contributed by atoms with Crippen molar-refractivity contribution in [2.75, 3.05) is 6.61 Å². The van der Waals surface area contributed by atoms with Crippen LogP contribution < -0.4 is 10.9 Å². The maximum Gasteiger partial charge on any atom is 0.338 e. The fraction of sp³-hybridized carbons (Fsp3) is 0.188. The molecular weight excluding hydrogens is 300 g/mol. The molecule has 2 amide bonds. The van der Waals surface area contributed by atoms with Crippen LogP contribution in [0.1, 0.15) is 33.4 Å². The number of ether oxygens (including phenoxy) is 1. The summed E-state index contributed by atoms with van der Waals surface area (Å²) in [4.78, 5) is 34.8. The summed E-state index contributed by atoms with van der Waals surface area (Å²) in [7, 11) is 0. The number of hydrazine groups is 1. The molecule has 0 spiro atoms. The highest BCUT2D eigenvalue weighted by Gasteiger charge is 2.12. The van der Waals surface area contributed by atoms with Crippen LogP contribution in [0.4, 0.5) is 0 Å². The summed E-state index contributed by atoms with van der Waals surface area (Å²) >= 11 is 0. The molecule has 23 heavy (non-hydrogen) atoms. The molecule has 7 nitrogen and oxygen atoms in total. The van der Waals surface area contributed by atoms with Crippen molar-refractivity contribution in [2.24, 2.45) is 0 Å². The third-order valence-electron chi connectivity index (χ3n) is 2.99. The van der Waals surface area contributed by atoms with Gasteiger partial charge in [-0.15, -0.1) is 0 Å². The maximum atomic E-state index is 11.8. The number of amides is 2. The molecule has 0 bridgehead atoms. The van der Waals surface area contributed by atoms with Gasteiger partial charge in [-0.05, 0) is 36.2 Å². The summed E-state index contributed by atoms with van der Waals surface area (Å²) in [6.45, 7) is 1.50. The first-order valence-electron chi connectivity index (χ1n) is 6.99. The van der Waals surface area contributed by atoms with Crippen LogP contribution in [0.25, 0.3) is 0 Å². The highest BCUT2D eigenvalue weighted by molar-refractivity contribution is 5.94. The van der Waals surface area contributed by atoms with Gasteiger partial charge in [0.05, 0.1) is 11.8 Å². The van der Waals surface area contributed by atoms with Gasteiger partial charge in [0.1, 0.15) is 0 Å². The fourth-order valence-electron chi connectivity index (χ4n) is 1.72. The summed E-state index contributed by atoms with van der Waals surface area (Å²) in [5, 5.41) is 0. The zero-order chi connectivity index (χ0) is 16.7. The zero-order valence-electron chi connectivity index (χ0n) is 12.5. The predicted molar refractivity (Wildman–Crippen MR) is 80.4 cm³/mol. The molecule has 0 unspecified atom stereocenters. The second-order valence-electron chi connectivity index (χ2n) is 4.61. The van der Waals surface area contributed by atoms with Gasteiger partial charge < -0.3 is 9.15 Å². The molecular formula is C16H16N2O5. The molecule has 1 aromatic heterocycles. The Morgan fingerprint density at radius 2 is 1.83 bits per heavy atom. The summed E-state index contributed by atoms with van der Waals surface area (Å²) < 4.78 is 9.71. The third-order valence-corrected chi connectivity index (χ3v) is 2.99. The molecule has 0 radical (unpaired) electrons. The van der Waals surface area contributed by atoms with Crippen molar-refractivity contribution >= 4 is 17.8 Å². The highest BCUT2D eigenvalue weighted by atomic mass is 16.5. The third kappa shape index (κ3) is 4.70. The van der Waals surface area contributed by atoms with Crippen molar-refractivity contribution in [3.05, 3.63) is 59.5 Å². The number of carbonyl (C=O) groups is 3. The maximum absolute atomic E-state index is 11.8. The minimum absolute atomic E-state index is 0.0540. The Bertz CT molecular complexity index is 677. The van der Waals surface area contributed by atoms with Gasteiger partial charge in [0.15, 0.2) is 12.4 Å². The Morgan fingerprint density at radius 1 is 1.09 bits per heavy atom. The molecule has 0 atom stereocenters. The van der Waals surface area contributed by atoms with E-state index in [0.717, 1.165) is 12.0 Å². The lowest BCUT2D eigenvalue weighted by Crippen LogP contribution is -2.43. The lowest BCUT2D eigenvalue weighted by molar-refractivity contribution is -0.125. The van der Waals surface area contributed by atoms with E-state index in [4.69, 9.17) is 9.15 Å². The van der Waals surface area contributed by atoms with Gasteiger partial charge in [0.2, 0.25) is 0 Å². The van der Waals surface area contributed by atoms with E-state index in [-0.39, 0.29) is 5.76 Å². The summed E-state index contributed by atoms with van der Waals surface area (Å²) in [6.07, 6.45) is 2.20. The number of furan rings is 1. The first-order valence-corrected chi connectivity index (χ1v) is 6.99. The van der Waals surface area contributed by atoms with E-state index in [1.54, 1.807) is 18.2 Å². The van der Waals surface area contributed by atoms with E-state index in [2.05, 4.69) is 10.9 Å². The molecule has 1 aromatic carbocycles. The highest BCUT2D eigenvalue weighted by Crippen LogP contribution is 2.06. The number of hydrogen-bond acceptors (Lipinski definition) is 5. The molecule has 0 aliphatic rings. The molecule has 7 heteroatoms. The first-order chi connectivity index (χ1) is 11.1. The Hall–Kier alpha value is -3.09. The quantitative estimate of drug-likeness (QED) is 0.643. The van der Waals surface area contributed by atoms with E-state index in [9.17, 15) is 14.4 Å². The average Bonchev–Trinajstić information content (AvgIpc) is 3.12. The second-order valence-corrected chi connectivity index (χ2v) is 4.61. The normalized spacial score (nSPS) is 9.96. The van der Waals surface area contributed by atoms with E-state index in [1.165, 1.54) is 12.3 Å². The standard InChI is InChI=1S/C16H16N2O5/c1-2-11-5-7-12(8-6-11)16(21)23-10-14(19)17-18-15(20)13-4-3-9-22-13/h3-9H,2,10H2,1H3,(H,17,19)(H,18,20). The molecule has 0 fully saturated rings. The minimum Gasteiger partial charge on any atom is -0.459 e. The largest absolute Gasteiger partial charge is 0.459 e. The fourth-order valence-corrected chi connectivity index (χ4v) is 1.72. The van der Waals surface area contributed by atoms with Crippen LogP contribution in [-0.4, -0.2) is 24.4 Å². The molecule has 120 valence electrons. The molecule has 2 rings (SSSR count). The Kier molecular flexibility index (Phi) is 5.51. The lowest BCUT2D eigenvalue weighted by atomic mass is 10.1. The minimum atomic E-state index is -0.663. The van der Waals surface area contributed by atoms with Gasteiger partial charge in [0.25, 0.3) is 5.91 Å². The van der Waals surface area contributed by atoms with Crippen LogP contribution in [0.5, 0.6) is 0 Å². The van der Waals surface area contributed by atoms with E-state index >= 15 is 0 Å². The smallest absolute Gasteiger partial charge is 0.338 e. The first kappa shape index (κ1) is 16.3. The zero-order valence-corrected chi connectivity index (χ0v) is 12.5. The molecule has 0 aliphatic carbocycles. The molecule has 0 aliphatic heterocycles. The number of nitrogens with one attached hydrogen (secondary N) is 2. The van der Waals surface area contributed by atoms with Gasteiger partial charge in [-0.25, -0.2) is 4.79 Å². The van der Waals surface area contributed by atoms with Crippen LogP contribution >= 0.6 is 0 Å². The summed E-state index contributed by atoms with van der Waals surface area (Å²) in [6, 6.07) is 9.90. The average molecular weight is 316 g/mol. The van der Waals surface area contributed by atoms with Crippen LogP contribution in [-0.2, 0) is 16.0 Å². The van der Waals surface area contributed by atoms with Crippen LogP contribution in [0.3, 0.4) is 0 Å². The SMILES string of the molecule is CCc1ccc(C(=O)OCC(=O)NNC(=O)c2ccco2)cc1. The number of esters is 1. The van der Waals surface area contributed by atoms with Gasteiger partial charge in [-0.3, -0.25) is 20.4 Å². The van der Waals surface area contributed by atoms with Gasteiger partial charge in [-0.2, -0.15) is 0 Å². The molecule has 1 heterocycles. The van der Waals surface area contributed by atoms with E-state index < -0.39 is 24.4 Å². The number of hydrogen-bond donors (Lipinski definition) is 2. The van der Waals surface area contributed by atoms with E-state index in [0.29, 0.717) is 5.56 Å². The summed E-state index contributed by atoms with van der Waals surface area (Å²) in [5.74, 6) is -1.83. The number of carbonyl (C=O) groups excluding carboxylic acids is 3.